The van der Waals surface area contributed by atoms with Crippen LogP contribution in [0.5, 0.6) is 0 Å². The molecule has 0 fully saturated rings. The molecule has 0 bridgehead atoms. The molecule has 2 heterocycles. The van der Waals surface area contributed by atoms with Crippen LogP contribution >= 0.6 is 15.9 Å². The van der Waals surface area contributed by atoms with E-state index < -0.39 is 29.1 Å². The molecule has 0 aliphatic heterocycles. The minimum atomic E-state index is -1.36. The molecule has 0 radical (unpaired) electrons. The Morgan fingerprint density at radius 1 is 1.27 bits per heavy atom. The molecule has 0 saturated heterocycles. The van der Waals surface area contributed by atoms with Crippen LogP contribution < -0.4 is 5.32 Å². The number of hydrogen-bond donors (Lipinski definition) is 2. The zero-order valence-electron chi connectivity index (χ0n) is 10.7. The number of aromatic carboxylic acids is 1. The van der Waals surface area contributed by atoms with Crippen LogP contribution in [0.2, 0.25) is 0 Å². The summed E-state index contributed by atoms with van der Waals surface area (Å²) in [4.78, 5) is 15.1. The SMILES string of the molecule is O=C(O)c1oc2ccncc2c1Nc1c(F)cc(Br)cc1F. The highest BCUT2D eigenvalue weighted by Gasteiger charge is 2.22. The van der Waals surface area contributed by atoms with Gasteiger partial charge < -0.3 is 14.8 Å². The van der Waals surface area contributed by atoms with Crippen molar-refractivity contribution in [1.29, 1.82) is 0 Å². The standard InChI is InChI=1S/C14H7BrF2N2O3/c15-6-3-8(16)12(9(17)4-6)19-11-7-5-18-2-1-10(7)22-13(11)14(20)21/h1-5,19H,(H,20,21). The van der Waals surface area contributed by atoms with Crippen molar-refractivity contribution < 1.29 is 23.1 Å². The van der Waals surface area contributed by atoms with Gasteiger partial charge in [0.1, 0.15) is 17.0 Å². The number of nitrogens with one attached hydrogen (secondary N) is 1. The highest BCUT2D eigenvalue weighted by Crippen LogP contribution is 2.35. The Morgan fingerprint density at radius 2 is 1.95 bits per heavy atom. The van der Waals surface area contributed by atoms with Gasteiger partial charge in [0.25, 0.3) is 0 Å². The zero-order valence-corrected chi connectivity index (χ0v) is 12.3. The van der Waals surface area contributed by atoms with Crippen LogP contribution in [0.4, 0.5) is 20.2 Å². The van der Waals surface area contributed by atoms with E-state index in [2.05, 4.69) is 26.2 Å². The molecule has 3 rings (SSSR count). The molecule has 2 aromatic heterocycles. The fraction of sp³-hybridized carbons (Fsp3) is 0. The predicted molar refractivity (Wildman–Crippen MR) is 78.3 cm³/mol. The van der Waals surface area contributed by atoms with Crippen LogP contribution in [-0.4, -0.2) is 16.1 Å². The summed E-state index contributed by atoms with van der Waals surface area (Å²) in [6.07, 6.45) is 2.77. The summed E-state index contributed by atoms with van der Waals surface area (Å²) in [7, 11) is 0. The summed E-state index contributed by atoms with van der Waals surface area (Å²) >= 11 is 2.97. The van der Waals surface area contributed by atoms with Gasteiger partial charge in [-0.2, -0.15) is 0 Å². The number of anilines is 2. The minimum absolute atomic E-state index is 0.0595. The summed E-state index contributed by atoms with van der Waals surface area (Å²) in [6.45, 7) is 0. The van der Waals surface area contributed by atoms with Crippen molar-refractivity contribution in [3.05, 3.63) is 52.5 Å². The van der Waals surface area contributed by atoms with Gasteiger partial charge >= 0.3 is 5.97 Å². The number of benzene rings is 1. The Balaban J connectivity index is 2.19. The molecule has 0 unspecified atom stereocenters. The van der Waals surface area contributed by atoms with E-state index >= 15 is 0 Å². The normalized spacial score (nSPS) is 10.9. The molecule has 0 amide bonds. The molecule has 0 atom stereocenters. The van der Waals surface area contributed by atoms with Crippen LogP contribution in [0.15, 0.2) is 39.5 Å². The monoisotopic (exact) mass is 368 g/mol. The first-order valence-electron chi connectivity index (χ1n) is 5.98. The lowest BCUT2D eigenvalue weighted by atomic mass is 10.2. The largest absolute Gasteiger partial charge is 0.475 e. The third-order valence-corrected chi connectivity index (χ3v) is 3.40. The second-order valence-electron chi connectivity index (χ2n) is 4.35. The van der Waals surface area contributed by atoms with Gasteiger partial charge in [-0.3, -0.25) is 4.98 Å². The van der Waals surface area contributed by atoms with Crippen molar-refractivity contribution in [3.63, 3.8) is 0 Å². The second-order valence-corrected chi connectivity index (χ2v) is 5.27. The Hall–Kier alpha value is -2.48. The van der Waals surface area contributed by atoms with Gasteiger partial charge in [-0.15, -0.1) is 0 Å². The second kappa shape index (κ2) is 5.38. The van der Waals surface area contributed by atoms with Crippen LogP contribution in [0, 0.1) is 11.6 Å². The van der Waals surface area contributed by atoms with Gasteiger partial charge in [0.05, 0.1) is 5.39 Å². The average Bonchev–Trinajstić information content (AvgIpc) is 2.81. The number of carbonyl (C=O) groups is 1. The summed E-state index contributed by atoms with van der Waals surface area (Å²) in [5.41, 5.74) is -0.291. The van der Waals surface area contributed by atoms with Gasteiger partial charge in [-0.1, -0.05) is 15.9 Å². The third-order valence-electron chi connectivity index (χ3n) is 2.94. The van der Waals surface area contributed by atoms with Gasteiger partial charge in [-0.05, 0) is 18.2 Å². The molecule has 0 saturated carbocycles. The molecule has 2 N–H and O–H groups in total. The molecule has 22 heavy (non-hydrogen) atoms. The summed E-state index contributed by atoms with van der Waals surface area (Å²) < 4.78 is 33.2. The quantitative estimate of drug-likeness (QED) is 0.720. The maximum Gasteiger partial charge on any atom is 0.374 e. The number of aromatic nitrogens is 1. The first-order chi connectivity index (χ1) is 10.5. The van der Waals surface area contributed by atoms with E-state index in [-0.39, 0.29) is 15.7 Å². The number of halogens is 3. The maximum atomic E-state index is 13.9. The van der Waals surface area contributed by atoms with E-state index in [4.69, 9.17) is 4.42 Å². The van der Waals surface area contributed by atoms with Crippen molar-refractivity contribution in [2.24, 2.45) is 0 Å². The molecule has 0 aliphatic carbocycles. The van der Waals surface area contributed by atoms with Crippen molar-refractivity contribution in [3.8, 4) is 0 Å². The number of nitrogens with zero attached hydrogens (tertiary/aromatic N) is 1. The summed E-state index contributed by atoms with van der Waals surface area (Å²) in [5, 5.41) is 11.9. The van der Waals surface area contributed by atoms with E-state index in [1.807, 2.05) is 0 Å². The predicted octanol–water partition coefficient (Wildman–Crippen LogP) is 4.31. The Labute approximate surface area is 130 Å². The van der Waals surface area contributed by atoms with E-state index in [9.17, 15) is 18.7 Å². The molecule has 0 spiro atoms. The number of carboxylic acid groups (broad SMARTS) is 1. The minimum Gasteiger partial charge on any atom is -0.475 e. The smallest absolute Gasteiger partial charge is 0.374 e. The number of fused-ring (bicyclic) bond motifs is 1. The molecule has 0 aliphatic rings. The highest BCUT2D eigenvalue weighted by molar-refractivity contribution is 9.10. The van der Waals surface area contributed by atoms with Crippen molar-refractivity contribution in [1.82, 2.24) is 4.98 Å². The zero-order chi connectivity index (χ0) is 15.9. The molecule has 1 aromatic carbocycles. The van der Waals surface area contributed by atoms with Crippen molar-refractivity contribution >= 4 is 44.2 Å². The van der Waals surface area contributed by atoms with Gasteiger partial charge in [-0.25, -0.2) is 13.6 Å². The lowest BCUT2D eigenvalue weighted by molar-refractivity contribution is 0.0666. The molecule has 5 nitrogen and oxygen atoms in total. The Kier molecular flexibility index (Phi) is 3.53. The van der Waals surface area contributed by atoms with Crippen molar-refractivity contribution in [2.45, 2.75) is 0 Å². The van der Waals surface area contributed by atoms with E-state index in [1.54, 1.807) is 0 Å². The highest BCUT2D eigenvalue weighted by atomic mass is 79.9. The number of furan rings is 1. The lowest BCUT2D eigenvalue weighted by Gasteiger charge is -2.08. The van der Waals surface area contributed by atoms with E-state index in [1.165, 1.54) is 18.5 Å². The van der Waals surface area contributed by atoms with Gasteiger partial charge in [0.2, 0.25) is 5.76 Å². The molecule has 8 heteroatoms. The average molecular weight is 369 g/mol. The maximum absolute atomic E-state index is 13.9. The number of hydrogen-bond acceptors (Lipinski definition) is 4. The van der Waals surface area contributed by atoms with Crippen LogP contribution in [0.3, 0.4) is 0 Å². The first-order valence-corrected chi connectivity index (χ1v) is 6.78. The number of rotatable bonds is 3. The molecular weight excluding hydrogens is 362 g/mol. The topological polar surface area (TPSA) is 75.4 Å². The van der Waals surface area contributed by atoms with Gasteiger partial charge in [0, 0.05) is 16.9 Å². The Morgan fingerprint density at radius 3 is 2.59 bits per heavy atom. The van der Waals surface area contributed by atoms with Crippen LogP contribution in [0.1, 0.15) is 10.6 Å². The molecular formula is C14H7BrF2N2O3. The first kappa shape index (κ1) is 14.5. The van der Waals surface area contributed by atoms with E-state index in [0.717, 1.165) is 12.1 Å². The lowest BCUT2D eigenvalue weighted by Crippen LogP contribution is -2.03. The Bertz CT molecular complexity index is 872. The molecule has 3 aromatic rings. The van der Waals surface area contributed by atoms with E-state index in [0.29, 0.717) is 5.39 Å². The van der Waals surface area contributed by atoms with Crippen LogP contribution in [-0.2, 0) is 0 Å². The number of pyridine rings is 1. The van der Waals surface area contributed by atoms with Gasteiger partial charge in [0.15, 0.2) is 11.6 Å². The fourth-order valence-corrected chi connectivity index (χ4v) is 2.41. The van der Waals surface area contributed by atoms with Crippen LogP contribution in [0.25, 0.3) is 11.0 Å². The molecule has 112 valence electrons. The fourth-order valence-electron chi connectivity index (χ4n) is 2.00. The third kappa shape index (κ3) is 2.41. The summed E-state index contributed by atoms with van der Waals surface area (Å²) in [5.74, 6) is -3.57. The number of carboxylic acids is 1. The summed E-state index contributed by atoms with van der Waals surface area (Å²) in [6, 6.07) is 3.58. The van der Waals surface area contributed by atoms with Crippen molar-refractivity contribution in [2.75, 3.05) is 5.32 Å².